The average molecular weight is 244 g/mol. The van der Waals surface area contributed by atoms with Gasteiger partial charge >= 0.3 is 0 Å². The lowest BCUT2D eigenvalue weighted by atomic mass is 10.1. The van der Waals surface area contributed by atoms with Gasteiger partial charge in [-0.05, 0) is 25.3 Å². The van der Waals surface area contributed by atoms with Gasteiger partial charge in [0.15, 0.2) is 0 Å². The number of hydrogen-bond donors (Lipinski definition) is 2. The number of rotatable bonds is 10. The maximum Gasteiger partial charge on any atom is 0.0928 e. The molecular formula is C13H28N2O2. The summed E-state index contributed by atoms with van der Waals surface area (Å²) in [6, 6.07) is 0. The Kier molecular flexibility index (Phi) is 8.61. The predicted molar refractivity (Wildman–Crippen MR) is 70.4 cm³/mol. The van der Waals surface area contributed by atoms with E-state index in [0.29, 0.717) is 6.61 Å². The molecule has 1 atom stereocenters. The predicted octanol–water partition coefficient (Wildman–Crippen LogP) is 1.02. The van der Waals surface area contributed by atoms with Crippen molar-refractivity contribution in [2.24, 2.45) is 5.92 Å². The van der Waals surface area contributed by atoms with Crippen LogP contribution in [0.25, 0.3) is 0 Å². The minimum Gasteiger partial charge on any atom is -0.382 e. The Bertz CT molecular complexity index is 173. The third-order valence-electron chi connectivity index (χ3n) is 3.44. The molecule has 0 amide bonds. The highest BCUT2D eigenvalue weighted by Crippen LogP contribution is 2.23. The van der Waals surface area contributed by atoms with E-state index in [1.165, 1.54) is 32.2 Å². The highest BCUT2D eigenvalue weighted by Gasteiger charge is 2.13. The number of ether oxygens (including phenoxy) is 2. The second-order valence-corrected chi connectivity index (χ2v) is 4.87. The molecule has 0 heterocycles. The van der Waals surface area contributed by atoms with E-state index in [1.807, 2.05) is 0 Å². The summed E-state index contributed by atoms with van der Waals surface area (Å²) >= 11 is 0. The van der Waals surface area contributed by atoms with Gasteiger partial charge in [-0.3, -0.25) is 0 Å². The summed E-state index contributed by atoms with van der Waals surface area (Å²) in [5.74, 6) is 0.926. The number of hydrogen-bond acceptors (Lipinski definition) is 4. The first-order valence-corrected chi connectivity index (χ1v) is 6.80. The second-order valence-electron chi connectivity index (χ2n) is 4.87. The molecular weight excluding hydrogens is 216 g/mol. The van der Waals surface area contributed by atoms with Gasteiger partial charge in [-0.2, -0.15) is 0 Å². The minimum absolute atomic E-state index is 0.162. The molecule has 0 aromatic heterocycles. The van der Waals surface area contributed by atoms with Crippen LogP contribution < -0.4 is 10.6 Å². The lowest BCUT2D eigenvalue weighted by Crippen LogP contribution is -2.36. The van der Waals surface area contributed by atoms with Gasteiger partial charge in [-0.1, -0.05) is 12.8 Å². The standard InChI is InChI=1S/C13H28N2O2/c1-16-11-13(17-2)10-15-8-7-14-9-12-5-3-4-6-12/h12-15H,3-11H2,1-2H3. The van der Waals surface area contributed by atoms with Crippen LogP contribution in [0.5, 0.6) is 0 Å². The van der Waals surface area contributed by atoms with Gasteiger partial charge in [0.05, 0.1) is 12.7 Å². The third-order valence-corrected chi connectivity index (χ3v) is 3.44. The van der Waals surface area contributed by atoms with Gasteiger partial charge in [-0.15, -0.1) is 0 Å². The minimum atomic E-state index is 0.162. The summed E-state index contributed by atoms with van der Waals surface area (Å²) in [7, 11) is 3.43. The highest BCUT2D eigenvalue weighted by molar-refractivity contribution is 4.69. The van der Waals surface area contributed by atoms with Crippen molar-refractivity contribution in [3.05, 3.63) is 0 Å². The smallest absolute Gasteiger partial charge is 0.0928 e. The van der Waals surface area contributed by atoms with E-state index < -0.39 is 0 Å². The molecule has 0 spiro atoms. The van der Waals surface area contributed by atoms with E-state index in [2.05, 4.69) is 10.6 Å². The quantitative estimate of drug-likeness (QED) is 0.563. The topological polar surface area (TPSA) is 42.5 Å². The van der Waals surface area contributed by atoms with Crippen LogP contribution in [0.1, 0.15) is 25.7 Å². The van der Waals surface area contributed by atoms with Crippen molar-refractivity contribution in [3.8, 4) is 0 Å². The van der Waals surface area contributed by atoms with Crippen molar-refractivity contribution in [1.82, 2.24) is 10.6 Å². The molecule has 0 radical (unpaired) electrons. The fraction of sp³-hybridized carbons (Fsp3) is 1.00. The summed E-state index contributed by atoms with van der Waals surface area (Å²) in [6.07, 6.45) is 5.85. The molecule has 2 N–H and O–H groups in total. The van der Waals surface area contributed by atoms with Crippen molar-refractivity contribution >= 4 is 0 Å². The molecule has 1 fully saturated rings. The van der Waals surface area contributed by atoms with Crippen molar-refractivity contribution in [2.45, 2.75) is 31.8 Å². The fourth-order valence-corrected chi connectivity index (χ4v) is 2.36. The highest BCUT2D eigenvalue weighted by atomic mass is 16.5. The van der Waals surface area contributed by atoms with Crippen molar-refractivity contribution in [2.75, 3.05) is 47.0 Å². The molecule has 1 rings (SSSR count). The molecule has 4 heteroatoms. The lowest BCUT2D eigenvalue weighted by molar-refractivity contribution is 0.0291. The third kappa shape index (κ3) is 6.99. The first kappa shape index (κ1) is 14.9. The molecule has 1 aliphatic carbocycles. The Hall–Kier alpha value is -0.160. The molecule has 1 aliphatic rings. The van der Waals surface area contributed by atoms with Gasteiger partial charge < -0.3 is 20.1 Å². The first-order valence-electron chi connectivity index (χ1n) is 6.80. The number of nitrogens with one attached hydrogen (secondary N) is 2. The van der Waals surface area contributed by atoms with Crippen LogP contribution in [0, 0.1) is 5.92 Å². The van der Waals surface area contributed by atoms with E-state index in [1.54, 1.807) is 14.2 Å². The summed E-state index contributed by atoms with van der Waals surface area (Å²) in [4.78, 5) is 0. The molecule has 0 aromatic carbocycles. The largest absolute Gasteiger partial charge is 0.382 e. The van der Waals surface area contributed by atoms with Crippen LogP contribution in [-0.4, -0.2) is 53.1 Å². The molecule has 17 heavy (non-hydrogen) atoms. The number of methoxy groups -OCH3 is 2. The fourth-order valence-electron chi connectivity index (χ4n) is 2.36. The van der Waals surface area contributed by atoms with Crippen LogP contribution in [-0.2, 0) is 9.47 Å². The SMILES string of the molecule is COCC(CNCCNCC1CCCC1)OC. The maximum absolute atomic E-state index is 5.27. The van der Waals surface area contributed by atoms with Gasteiger partial charge in [0, 0.05) is 33.9 Å². The van der Waals surface area contributed by atoms with Crippen molar-refractivity contribution < 1.29 is 9.47 Å². The summed E-state index contributed by atoms with van der Waals surface area (Å²) < 4.78 is 10.3. The van der Waals surface area contributed by atoms with Crippen LogP contribution >= 0.6 is 0 Å². The van der Waals surface area contributed by atoms with Crippen molar-refractivity contribution in [1.29, 1.82) is 0 Å². The molecule has 0 saturated heterocycles. The van der Waals surface area contributed by atoms with Gasteiger partial charge in [-0.25, -0.2) is 0 Å². The van der Waals surface area contributed by atoms with Crippen LogP contribution in [0.15, 0.2) is 0 Å². The van der Waals surface area contributed by atoms with E-state index in [9.17, 15) is 0 Å². The zero-order chi connectivity index (χ0) is 12.3. The molecule has 0 aromatic rings. The molecule has 102 valence electrons. The van der Waals surface area contributed by atoms with E-state index in [-0.39, 0.29) is 6.10 Å². The van der Waals surface area contributed by atoms with E-state index in [4.69, 9.17) is 9.47 Å². The summed E-state index contributed by atoms with van der Waals surface area (Å²) in [5, 5.41) is 6.90. The normalized spacial score (nSPS) is 18.7. The van der Waals surface area contributed by atoms with Gasteiger partial charge in [0.25, 0.3) is 0 Å². The Morgan fingerprint density at radius 2 is 1.82 bits per heavy atom. The van der Waals surface area contributed by atoms with Gasteiger partial charge in [0.1, 0.15) is 0 Å². The van der Waals surface area contributed by atoms with Crippen LogP contribution in [0.4, 0.5) is 0 Å². The molecule has 0 bridgehead atoms. The Morgan fingerprint density at radius 3 is 2.47 bits per heavy atom. The van der Waals surface area contributed by atoms with Gasteiger partial charge in [0.2, 0.25) is 0 Å². The average Bonchev–Trinajstić information content (AvgIpc) is 2.85. The Balaban J connectivity index is 1.86. The molecule has 1 unspecified atom stereocenters. The Morgan fingerprint density at radius 1 is 1.12 bits per heavy atom. The zero-order valence-corrected chi connectivity index (χ0v) is 11.3. The molecule has 0 aliphatic heterocycles. The van der Waals surface area contributed by atoms with Crippen molar-refractivity contribution in [3.63, 3.8) is 0 Å². The first-order chi connectivity index (χ1) is 8.36. The van der Waals surface area contributed by atoms with Crippen LogP contribution in [0.2, 0.25) is 0 Å². The summed E-state index contributed by atoms with van der Waals surface area (Å²) in [6.45, 7) is 4.73. The maximum atomic E-state index is 5.27. The van der Waals surface area contributed by atoms with Crippen LogP contribution in [0.3, 0.4) is 0 Å². The van der Waals surface area contributed by atoms with E-state index >= 15 is 0 Å². The molecule has 1 saturated carbocycles. The Labute approximate surface area is 105 Å². The zero-order valence-electron chi connectivity index (χ0n) is 11.3. The lowest BCUT2D eigenvalue weighted by Gasteiger charge is -2.15. The van der Waals surface area contributed by atoms with E-state index in [0.717, 1.165) is 25.6 Å². The summed E-state index contributed by atoms with van der Waals surface area (Å²) in [5.41, 5.74) is 0. The monoisotopic (exact) mass is 244 g/mol. The molecule has 4 nitrogen and oxygen atoms in total. The second kappa shape index (κ2) is 9.83.